The van der Waals surface area contributed by atoms with Gasteiger partial charge in [-0.05, 0) is 0 Å². The zero-order valence-corrected chi connectivity index (χ0v) is 14.7. The number of ether oxygens (including phenoxy) is 5. The largest absolute Gasteiger partial charge is 0.471 e. The van der Waals surface area contributed by atoms with E-state index < -0.39 is 61.8 Å². The van der Waals surface area contributed by atoms with Crippen LogP contribution in [0.2, 0.25) is 0 Å². The highest BCUT2D eigenvalue weighted by molar-refractivity contribution is 5.89. The van der Waals surface area contributed by atoms with E-state index in [0.717, 1.165) is 0 Å². The lowest BCUT2D eigenvalue weighted by molar-refractivity contribution is -0.340. The van der Waals surface area contributed by atoms with Crippen molar-refractivity contribution < 1.29 is 48.9 Å². The van der Waals surface area contributed by atoms with E-state index in [1.54, 1.807) is 6.08 Å². The Morgan fingerprint density at radius 1 is 1.26 bits per heavy atom. The minimum absolute atomic E-state index is 0.321. The summed E-state index contributed by atoms with van der Waals surface area (Å²) in [4.78, 5) is 12.1. The molecule has 3 rings (SSSR count). The topological polar surface area (TPSA) is 144 Å². The van der Waals surface area contributed by atoms with Gasteiger partial charge in [0, 0.05) is 25.4 Å². The van der Waals surface area contributed by atoms with Crippen LogP contribution in [0.1, 0.15) is 6.42 Å². The smallest absolute Gasteiger partial charge is 0.339 e. The Morgan fingerprint density at radius 2 is 2.00 bits per heavy atom. The number of methoxy groups -OCH3 is 1. The molecule has 10 nitrogen and oxygen atoms in total. The first kappa shape index (κ1) is 20.2. The number of esters is 1. The first-order valence-electron chi connectivity index (χ1n) is 8.59. The lowest BCUT2D eigenvalue weighted by atomic mass is 9.80. The van der Waals surface area contributed by atoms with Crippen molar-refractivity contribution in [3.8, 4) is 0 Å². The molecule has 0 aromatic heterocycles. The van der Waals surface area contributed by atoms with Gasteiger partial charge in [-0.2, -0.15) is 0 Å². The molecule has 0 aromatic rings. The molecule has 4 N–H and O–H groups in total. The predicted molar refractivity (Wildman–Crippen MR) is 86.5 cm³/mol. The molecule has 0 bridgehead atoms. The maximum absolute atomic E-state index is 12.1. The Hall–Kier alpha value is -1.53. The van der Waals surface area contributed by atoms with Gasteiger partial charge in [0.15, 0.2) is 6.29 Å². The molecular weight excluding hydrogens is 364 g/mol. The van der Waals surface area contributed by atoms with Gasteiger partial charge >= 0.3 is 5.97 Å². The van der Waals surface area contributed by atoms with Gasteiger partial charge in [-0.25, -0.2) is 4.79 Å². The third-order valence-electron chi connectivity index (χ3n) is 5.08. The molecule has 2 fully saturated rings. The first-order chi connectivity index (χ1) is 12.9. The summed E-state index contributed by atoms with van der Waals surface area (Å²) in [6.07, 6.45) is -5.65. The van der Waals surface area contributed by atoms with E-state index in [1.807, 2.05) is 0 Å². The van der Waals surface area contributed by atoms with Crippen LogP contribution in [0.4, 0.5) is 0 Å². The van der Waals surface area contributed by atoms with Gasteiger partial charge in [0.2, 0.25) is 12.6 Å². The van der Waals surface area contributed by atoms with E-state index in [4.69, 9.17) is 23.7 Å². The van der Waals surface area contributed by atoms with Crippen molar-refractivity contribution in [1.29, 1.82) is 0 Å². The number of fused-ring (bicyclic) bond motifs is 1. The van der Waals surface area contributed by atoms with E-state index in [9.17, 15) is 25.2 Å². The monoisotopic (exact) mass is 388 g/mol. The van der Waals surface area contributed by atoms with Crippen LogP contribution < -0.4 is 0 Å². The molecule has 0 saturated carbocycles. The minimum atomic E-state index is -1.57. The molecule has 0 spiro atoms. The highest BCUT2D eigenvalue weighted by Crippen LogP contribution is 2.40. The lowest BCUT2D eigenvalue weighted by Crippen LogP contribution is -2.60. The SMILES string of the molecule is C=C[C@@H]1[C@H](O[C@@H]2O[C@H](CO)[C@@H](O)[C@H](O)[C@H]2O)OC=C2C(=O)O[C@H](OC)C[C@H]21. The minimum Gasteiger partial charge on any atom is -0.471 e. The van der Waals surface area contributed by atoms with E-state index in [2.05, 4.69) is 6.58 Å². The van der Waals surface area contributed by atoms with Crippen molar-refractivity contribution in [2.24, 2.45) is 11.8 Å². The van der Waals surface area contributed by atoms with Crippen molar-refractivity contribution in [2.45, 2.75) is 49.7 Å². The van der Waals surface area contributed by atoms with Crippen LogP contribution in [0.5, 0.6) is 0 Å². The van der Waals surface area contributed by atoms with Crippen molar-refractivity contribution >= 4 is 5.97 Å². The fourth-order valence-electron chi connectivity index (χ4n) is 3.50. The third-order valence-corrected chi connectivity index (χ3v) is 5.08. The predicted octanol–water partition coefficient (Wildman–Crippen LogP) is -1.62. The molecule has 2 saturated heterocycles. The van der Waals surface area contributed by atoms with Crippen LogP contribution in [-0.4, -0.2) is 83.4 Å². The summed E-state index contributed by atoms with van der Waals surface area (Å²) in [6, 6.07) is 0. The van der Waals surface area contributed by atoms with Gasteiger partial charge < -0.3 is 44.1 Å². The summed E-state index contributed by atoms with van der Waals surface area (Å²) in [7, 11) is 1.43. The second-order valence-corrected chi connectivity index (χ2v) is 6.64. The quantitative estimate of drug-likeness (QED) is 0.320. The molecule has 152 valence electrons. The lowest BCUT2D eigenvalue weighted by Gasteiger charge is -2.44. The third kappa shape index (κ3) is 3.74. The Kier molecular flexibility index (Phi) is 6.16. The summed E-state index contributed by atoms with van der Waals surface area (Å²) in [5.41, 5.74) is 0.321. The van der Waals surface area contributed by atoms with Crippen LogP contribution in [0.3, 0.4) is 0 Å². The average molecular weight is 388 g/mol. The molecule has 0 aromatic carbocycles. The zero-order chi connectivity index (χ0) is 19.7. The van der Waals surface area contributed by atoms with Gasteiger partial charge in [-0.15, -0.1) is 6.58 Å². The molecule has 3 heterocycles. The average Bonchev–Trinajstić information content (AvgIpc) is 2.67. The zero-order valence-electron chi connectivity index (χ0n) is 14.7. The fraction of sp³-hybridized carbons (Fsp3) is 0.706. The summed E-state index contributed by atoms with van der Waals surface area (Å²) in [5.74, 6) is -1.41. The number of hydrogen-bond acceptors (Lipinski definition) is 10. The van der Waals surface area contributed by atoms with Crippen molar-refractivity contribution in [3.05, 3.63) is 24.5 Å². The maximum atomic E-state index is 12.1. The van der Waals surface area contributed by atoms with Crippen LogP contribution >= 0.6 is 0 Å². The molecule has 0 aliphatic carbocycles. The van der Waals surface area contributed by atoms with Crippen LogP contribution in [0, 0.1) is 11.8 Å². The normalized spacial score (nSPS) is 44.6. The van der Waals surface area contributed by atoms with Crippen molar-refractivity contribution in [2.75, 3.05) is 13.7 Å². The van der Waals surface area contributed by atoms with Gasteiger partial charge in [-0.1, -0.05) is 6.08 Å². The molecule has 10 heteroatoms. The molecule has 0 radical (unpaired) electrons. The Bertz CT molecular complexity index is 590. The Balaban J connectivity index is 1.77. The molecule has 3 aliphatic heterocycles. The standard InChI is InChI=1S/C17H24O10/c1-3-7-8-4-11(23-2)26-15(22)9(8)6-24-16(7)27-17-14(21)13(20)12(19)10(5-18)25-17/h3,6-8,10-14,16-21H,1,4-5H2,2H3/t7-,8-,10+,11-,12+,13-,14+,16-,17-/m0/s1. The maximum Gasteiger partial charge on any atom is 0.339 e. The van der Waals surface area contributed by atoms with E-state index in [-0.39, 0.29) is 5.92 Å². The number of aliphatic hydroxyl groups excluding tert-OH is 4. The number of rotatable bonds is 5. The van der Waals surface area contributed by atoms with Gasteiger partial charge in [-0.3, -0.25) is 0 Å². The first-order valence-corrected chi connectivity index (χ1v) is 8.59. The summed E-state index contributed by atoms with van der Waals surface area (Å²) < 4.78 is 26.7. The van der Waals surface area contributed by atoms with Crippen molar-refractivity contribution in [1.82, 2.24) is 0 Å². The van der Waals surface area contributed by atoms with Crippen LogP contribution in [-0.2, 0) is 28.5 Å². The van der Waals surface area contributed by atoms with Crippen molar-refractivity contribution in [3.63, 3.8) is 0 Å². The summed E-state index contributed by atoms with van der Waals surface area (Å²) in [6.45, 7) is 3.18. The van der Waals surface area contributed by atoms with E-state index in [0.29, 0.717) is 12.0 Å². The van der Waals surface area contributed by atoms with Crippen LogP contribution in [0.25, 0.3) is 0 Å². The molecule has 0 unspecified atom stereocenters. The number of carbonyl (C=O) groups excluding carboxylic acids is 1. The Labute approximate surface area is 155 Å². The van der Waals surface area contributed by atoms with E-state index >= 15 is 0 Å². The summed E-state index contributed by atoms with van der Waals surface area (Å²) >= 11 is 0. The molecular formula is C17H24O10. The van der Waals surface area contributed by atoms with Gasteiger partial charge in [0.05, 0.1) is 18.4 Å². The number of aliphatic hydroxyl groups is 4. The molecule has 27 heavy (non-hydrogen) atoms. The highest BCUT2D eigenvalue weighted by atomic mass is 16.8. The van der Waals surface area contributed by atoms with Gasteiger partial charge in [0.25, 0.3) is 0 Å². The Morgan fingerprint density at radius 3 is 2.63 bits per heavy atom. The number of hydrogen-bond donors (Lipinski definition) is 4. The van der Waals surface area contributed by atoms with E-state index in [1.165, 1.54) is 13.4 Å². The second-order valence-electron chi connectivity index (χ2n) is 6.64. The van der Waals surface area contributed by atoms with Gasteiger partial charge in [0.1, 0.15) is 24.4 Å². The molecule has 0 amide bonds. The second kappa shape index (κ2) is 8.23. The number of cyclic esters (lactones) is 1. The van der Waals surface area contributed by atoms with Crippen LogP contribution in [0.15, 0.2) is 24.5 Å². The molecule has 3 aliphatic rings. The summed E-state index contributed by atoms with van der Waals surface area (Å²) in [5, 5.41) is 39.1. The highest BCUT2D eigenvalue weighted by Gasteiger charge is 2.49. The number of carbonyl (C=O) groups is 1. The molecule has 9 atom stereocenters. The fourth-order valence-corrected chi connectivity index (χ4v) is 3.50.